The Morgan fingerprint density at radius 3 is 2.94 bits per heavy atom. The first-order chi connectivity index (χ1) is 8.56. The summed E-state index contributed by atoms with van der Waals surface area (Å²) < 4.78 is 5.06. The number of carbonyl (C=O) groups is 1. The summed E-state index contributed by atoms with van der Waals surface area (Å²) in [6.07, 6.45) is -0.0521. The van der Waals surface area contributed by atoms with Gasteiger partial charge in [-0.05, 0) is 13.8 Å². The Balaban J connectivity index is 1.98. The van der Waals surface area contributed by atoms with Crippen LogP contribution in [0.1, 0.15) is 22.7 Å². The van der Waals surface area contributed by atoms with Crippen molar-refractivity contribution in [2.75, 3.05) is 5.32 Å². The Morgan fingerprint density at radius 2 is 2.33 bits per heavy atom. The molecule has 0 bridgehead atoms. The summed E-state index contributed by atoms with van der Waals surface area (Å²) >= 11 is 1.39. The number of anilines is 1. The van der Waals surface area contributed by atoms with Crippen LogP contribution in [0.2, 0.25) is 0 Å². The molecule has 0 unspecified atom stereocenters. The van der Waals surface area contributed by atoms with Crippen LogP contribution in [-0.2, 0) is 17.8 Å². The number of nitrogens with one attached hydrogen (secondary N) is 1. The Morgan fingerprint density at radius 1 is 1.56 bits per heavy atom. The summed E-state index contributed by atoms with van der Waals surface area (Å²) in [6, 6.07) is 0. The Kier molecular flexibility index (Phi) is 3.61. The van der Waals surface area contributed by atoms with E-state index in [0.717, 1.165) is 17.0 Å². The first-order valence-corrected chi connectivity index (χ1v) is 6.26. The number of thiazole rings is 1. The van der Waals surface area contributed by atoms with Gasteiger partial charge in [-0.1, -0.05) is 5.16 Å². The molecular weight excluding hydrogens is 254 g/mol. The van der Waals surface area contributed by atoms with Gasteiger partial charge in [0.25, 0.3) is 0 Å². The van der Waals surface area contributed by atoms with Crippen LogP contribution in [0.25, 0.3) is 0 Å². The minimum Gasteiger partial charge on any atom is -0.481 e. The molecule has 0 spiro atoms. The second-order valence-electron chi connectivity index (χ2n) is 3.87. The average Bonchev–Trinajstić information content (AvgIpc) is 2.84. The number of hydrogen-bond acceptors (Lipinski definition) is 6. The SMILES string of the molecule is Cc1noc(C)c1CNc1nc(CC(=O)O)cs1. The van der Waals surface area contributed by atoms with Crippen molar-refractivity contribution in [2.24, 2.45) is 0 Å². The highest BCUT2D eigenvalue weighted by molar-refractivity contribution is 7.13. The van der Waals surface area contributed by atoms with Crippen molar-refractivity contribution in [2.45, 2.75) is 26.8 Å². The monoisotopic (exact) mass is 267 g/mol. The maximum atomic E-state index is 10.5. The quantitative estimate of drug-likeness (QED) is 0.861. The number of hydrogen-bond donors (Lipinski definition) is 2. The van der Waals surface area contributed by atoms with Crippen LogP contribution in [0, 0.1) is 13.8 Å². The molecule has 2 aromatic heterocycles. The van der Waals surface area contributed by atoms with Crippen LogP contribution in [0.3, 0.4) is 0 Å². The summed E-state index contributed by atoms with van der Waals surface area (Å²) in [5.74, 6) is -0.0973. The van der Waals surface area contributed by atoms with Crippen molar-refractivity contribution >= 4 is 22.4 Å². The van der Waals surface area contributed by atoms with E-state index in [2.05, 4.69) is 15.5 Å². The van der Waals surface area contributed by atoms with Crippen molar-refractivity contribution in [1.82, 2.24) is 10.1 Å². The molecule has 2 rings (SSSR count). The largest absolute Gasteiger partial charge is 0.481 e. The highest BCUT2D eigenvalue weighted by Crippen LogP contribution is 2.19. The zero-order valence-corrected chi connectivity index (χ0v) is 10.9. The summed E-state index contributed by atoms with van der Waals surface area (Å²) in [6.45, 7) is 4.31. The average molecular weight is 267 g/mol. The van der Waals surface area contributed by atoms with Gasteiger partial charge >= 0.3 is 5.97 Å². The lowest BCUT2D eigenvalue weighted by Crippen LogP contribution is -2.03. The van der Waals surface area contributed by atoms with Crippen LogP contribution in [-0.4, -0.2) is 21.2 Å². The van der Waals surface area contributed by atoms with Gasteiger partial charge in [-0.25, -0.2) is 4.98 Å². The highest BCUT2D eigenvalue weighted by atomic mass is 32.1. The van der Waals surface area contributed by atoms with Crippen molar-refractivity contribution in [3.8, 4) is 0 Å². The van der Waals surface area contributed by atoms with Gasteiger partial charge in [0.15, 0.2) is 5.13 Å². The van der Waals surface area contributed by atoms with E-state index < -0.39 is 5.97 Å². The molecule has 6 nitrogen and oxygen atoms in total. The Bertz CT molecular complexity index is 542. The fourth-order valence-electron chi connectivity index (χ4n) is 1.54. The van der Waals surface area contributed by atoms with Crippen LogP contribution in [0.15, 0.2) is 9.90 Å². The normalized spacial score (nSPS) is 10.6. The predicted molar refractivity (Wildman–Crippen MR) is 66.8 cm³/mol. The summed E-state index contributed by atoms with van der Waals surface area (Å²) in [5.41, 5.74) is 2.42. The Hall–Kier alpha value is -1.89. The molecule has 2 heterocycles. The molecule has 0 amide bonds. The van der Waals surface area contributed by atoms with Gasteiger partial charge in [-0.15, -0.1) is 11.3 Å². The predicted octanol–water partition coefficient (Wildman–Crippen LogP) is 1.99. The van der Waals surface area contributed by atoms with Gasteiger partial charge in [0.2, 0.25) is 0 Å². The molecule has 7 heteroatoms. The minimum absolute atomic E-state index is 0.0521. The lowest BCUT2D eigenvalue weighted by molar-refractivity contribution is -0.136. The fourth-order valence-corrected chi connectivity index (χ4v) is 2.25. The third-order valence-corrected chi connectivity index (χ3v) is 3.33. The second-order valence-corrected chi connectivity index (χ2v) is 4.73. The summed E-state index contributed by atoms with van der Waals surface area (Å²) in [4.78, 5) is 14.7. The lowest BCUT2D eigenvalue weighted by atomic mass is 10.2. The lowest BCUT2D eigenvalue weighted by Gasteiger charge is -2.01. The molecule has 0 aliphatic heterocycles. The number of nitrogens with zero attached hydrogens (tertiary/aromatic N) is 2. The zero-order chi connectivity index (χ0) is 13.1. The Labute approximate surface area is 108 Å². The van der Waals surface area contributed by atoms with Gasteiger partial charge in [-0.3, -0.25) is 4.79 Å². The van der Waals surface area contributed by atoms with E-state index in [1.165, 1.54) is 11.3 Å². The molecule has 96 valence electrons. The van der Waals surface area contributed by atoms with Crippen LogP contribution in [0.4, 0.5) is 5.13 Å². The van der Waals surface area contributed by atoms with E-state index in [1.807, 2.05) is 13.8 Å². The molecule has 0 atom stereocenters. The van der Waals surface area contributed by atoms with Gasteiger partial charge < -0.3 is 14.9 Å². The smallest absolute Gasteiger partial charge is 0.309 e. The number of aromatic nitrogens is 2. The van der Waals surface area contributed by atoms with E-state index in [1.54, 1.807) is 5.38 Å². The van der Waals surface area contributed by atoms with E-state index in [9.17, 15) is 4.79 Å². The van der Waals surface area contributed by atoms with E-state index in [-0.39, 0.29) is 6.42 Å². The minimum atomic E-state index is -0.877. The van der Waals surface area contributed by atoms with Crippen molar-refractivity contribution in [3.63, 3.8) is 0 Å². The number of aryl methyl sites for hydroxylation is 2. The number of carboxylic acids is 1. The first-order valence-electron chi connectivity index (χ1n) is 5.38. The molecule has 2 N–H and O–H groups in total. The topological polar surface area (TPSA) is 88.3 Å². The van der Waals surface area contributed by atoms with Gasteiger partial charge in [0, 0.05) is 17.5 Å². The maximum absolute atomic E-state index is 10.5. The van der Waals surface area contributed by atoms with E-state index in [0.29, 0.717) is 17.4 Å². The van der Waals surface area contributed by atoms with Crippen molar-refractivity contribution in [3.05, 3.63) is 28.1 Å². The standard InChI is InChI=1S/C11H13N3O3S/c1-6-9(7(2)17-14-6)4-12-11-13-8(5-18-11)3-10(15)16/h5H,3-4H2,1-2H3,(H,12,13)(H,15,16). The van der Waals surface area contributed by atoms with Crippen molar-refractivity contribution in [1.29, 1.82) is 0 Å². The second kappa shape index (κ2) is 5.18. The summed E-state index contributed by atoms with van der Waals surface area (Å²) in [5, 5.41) is 18.1. The van der Waals surface area contributed by atoms with Crippen LogP contribution >= 0.6 is 11.3 Å². The number of carboxylic acid groups (broad SMARTS) is 1. The maximum Gasteiger partial charge on any atom is 0.309 e. The molecule has 0 radical (unpaired) electrons. The van der Waals surface area contributed by atoms with E-state index >= 15 is 0 Å². The molecule has 0 saturated carbocycles. The van der Waals surface area contributed by atoms with Gasteiger partial charge in [-0.2, -0.15) is 0 Å². The molecule has 0 saturated heterocycles. The molecule has 18 heavy (non-hydrogen) atoms. The first kappa shape index (κ1) is 12.6. The fraction of sp³-hybridized carbons (Fsp3) is 0.364. The highest BCUT2D eigenvalue weighted by Gasteiger charge is 2.10. The van der Waals surface area contributed by atoms with E-state index in [4.69, 9.17) is 9.63 Å². The van der Waals surface area contributed by atoms with Crippen molar-refractivity contribution < 1.29 is 14.4 Å². The molecule has 0 aliphatic carbocycles. The third kappa shape index (κ3) is 2.86. The molecule has 0 aliphatic rings. The van der Waals surface area contributed by atoms with Gasteiger partial charge in [0.05, 0.1) is 17.8 Å². The molecule has 0 fully saturated rings. The molecular formula is C11H13N3O3S. The summed E-state index contributed by atoms with van der Waals surface area (Å²) in [7, 11) is 0. The van der Waals surface area contributed by atoms with Gasteiger partial charge in [0.1, 0.15) is 5.76 Å². The molecule has 0 aromatic carbocycles. The third-order valence-electron chi connectivity index (χ3n) is 2.48. The number of rotatable bonds is 5. The van der Waals surface area contributed by atoms with Crippen LogP contribution < -0.4 is 5.32 Å². The molecule has 2 aromatic rings. The number of aliphatic carboxylic acids is 1. The van der Waals surface area contributed by atoms with Crippen LogP contribution in [0.5, 0.6) is 0 Å². The zero-order valence-electron chi connectivity index (χ0n) is 10.1.